The molecule has 0 aliphatic carbocycles. The van der Waals surface area contributed by atoms with E-state index in [1.165, 1.54) is 85.1 Å². The second kappa shape index (κ2) is 16.2. The van der Waals surface area contributed by atoms with E-state index < -0.39 is 0 Å². The average molecular weight is 853 g/mol. The molecule has 0 N–H and O–H groups in total. The fraction of sp³-hybridized carbons (Fsp3) is 0. The molecule has 0 fully saturated rings. The number of thiophene rings is 2. The van der Waals surface area contributed by atoms with Crippen molar-refractivity contribution in [3.8, 4) is 33.4 Å². The van der Waals surface area contributed by atoms with E-state index in [0.29, 0.717) is 0 Å². The van der Waals surface area contributed by atoms with Gasteiger partial charge in [-0.1, -0.05) is 170 Å². The Morgan fingerprint density at radius 1 is 0.219 bits per heavy atom. The van der Waals surface area contributed by atoms with Gasteiger partial charge in [-0.2, -0.15) is 0 Å². The number of hydrogen-bond donors (Lipinski definition) is 0. The van der Waals surface area contributed by atoms with Crippen LogP contribution in [0.3, 0.4) is 0 Å². The molecular weight excluding hydrogens is 813 g/mol. The number of anilines is 6. The van der Waals surface area contributed by atoms with Crippen LogP contribution in [0.25, 0.3) is 73.7 Å². The molecule has 2 heterocycles. The van der Waals surface area contributed by atoms with E-state index in [1.807, 2.05) is 22.7 Å². The van der Waals surface area contributed by atoms with E-state index in [2.05, 4.69) is 252 Å². The molecule has 0 amide bonds. The van der Waals surface area contributed by atoms with Crippen LogP contribution in [0.1, 0.15) is 0 Å². The molecule has 0 atom stereocenters. The number of nitrogens with zero attached hydrogens (tertiary/aromatic N) is 2. The Labute approximate surface area is 380 Å². The summed E-state index contributed by atoms with van der Waals surface area (Å²) in [5.41, 5.74) is 14.0. The summed E-state index contributed by atoms with van der Waals surface area (Å²) in [6.45, 7) is 0. The summed E-state index contributed by atoms with van der Waals surface area (Å²) in [4.78, 5) is 4.81. The molecule has 12 rings (SSSR count). The smallest absolute Gasteiger partial charge is 0.0640 e. The van der Waals surface area contributed by atoms with Crippen molar-refractivity contribution in [3.05, 3.63) is 243 Å². The van der Waals surface area contributed by atoms with Crippen LogP contribution in [0.2, 0.25) is 0 Å². The van der Waals surface area contributed by atoms with Gasteiger partial charge in [0.1, 0.15) is 0 Å². The predicted molar refractivity (Wildman–Crippen MR) is 278 cm³/mol. The Morgan fingerprint density at radius 3 is 0.969 bits per heavy atom. The van der Waals surface area contributed by atoms with E-state index in [9.17, 15) is 0 Å². The Morgan fingerprint density at radius 2 is 0.531 bits per heavy atom. The Kier molecular flexibility index (Phi) is 9.59. The van der Waals surface area contributed by atoms with Crippen molar-refractivity contribution in [3.63, 3.8) is 0 Å². The lowest BCUT2D eigenvalue weighted by Crippen LogP contribution is -2.10. The van der Waals surface area contributed by atoms with E-state index in [-0.39, 0.29) is 0 Å². The van der Waals surface area contributed by atoms with Crippen LogP contribution in [-0.2, 0) is 0 Å². The van der Waals surface area contributed by atoms with Crippen molar-refractivity contribution in [1.29, 1.82) is 0 Å². The van der Waals surface area contributed by atoms with Crippen LogP contribution in [-0.4, -0.2) is 0 Å². The maximum atomic E-state index is 2.48. The molecule has 0 bridgehead atoms. The number of para-hydroxylation sites is 1. The maximum absolute atomic E-state index is 2.48. The monoisotopic (exact) mass is 852 g/mol. The van der Waals surface area contributed by atoms with Crippen LogP contribution in [0, 0.1) is 0 Å². The van der Waals surface area contributed by atoms with E-state index in [0.717, 1.165) is 22.7 Å². The summed E-state index contributed by atoms with van der Waals surface area (Å²) in [6, 6.07) is 88.1. The summed E-state index contributed by atoms with van der Waals surface area (Å²) in [7, 11) is 0. The third-order valence-corrected chi connectivity index (χ3v) is 14.7. The van der Waals surface area contributed by atoms with Gasteiger partial charge in [-0.25, -0.2) is 0 Å². The van der Waals surface area contributed by atoms with Crippen molar-refractivity contribution >= 4 is 97.1 Å². The van der Waals surface area contributed by atoms with Crippen molar-refractivity contribution < 1.29 is 0 Å². The number of hydrogen-bond acceptors (Lipinski definition) is 4. The summed E-state index contributed by atoms with van der Waals surface area (Å²) in [5.74, 6) is 0. The zero-order valence-corrected chi connectivity index (χ0v) is 36.4. The SMILES string of the molecule is c1ccc(-c2ccc(-c3ccc(N(c4ccccc4)c4ccc(-c5ccc(N(c6cccc7c6sc6ccccc67)c6cccc7c6sc6ccccc67)cc5)cc4)cc3)cc2)cc1. The third-order valence-electron chi connectivity index (χ3n) is 12.3. The summed E-state index contributed by atoms with van der Waals surface area (Å²) in [6.07, 6.45) is 0. The molecular formula is C60H40N2S2. The molecule has 4 heteroatoms. The van der Waals surface area contributed by atoms with Crippen molar-refractivity contribution in [2.24, 2.45) is 0 Å². The van der Waals surface area contributed by atoms with Gasteiger partial charge in [0.15, 0.2) is 0 Å². The van der Waals surface area contributed by atoms with Gasteiger partial charge in [-0.05, 0) is 106 Å². The highest BCUT2D eigenvalue weighted by atomic mass is 32.1. The molecule has 0 saturated carbocycles. The quantitative estimate of drug-likeness (QED) is 0.143. The molecule has 302 valence electrons. The first-order chi connectivity index (χ1) is 31.7. The molecule has 0 aliphatic rings. The molecule has 2 aromatic heterocycles. The van der Waals surface area contributed by atoms with Crippen molar-refractivity contribution in [2.45, 2.75) is 0 Å². The van der Waals surface area contributed by atoms with Gasteiger partial charge >= 0.3 is 0 Å². The molecule has 12 aromatic rings. The summed E-state index contributed by atoms with van der Waals surface area (Å²) >= 11 is 3.75. The molecule has 0 radical (unpaired) electrons. The Balaban J connectivity index is 0.886. The van der Waals surface area contributed by atoms with Gasteiger partial charge in [0, 0.05) is 53.7 Å². The second-order valence-electron chi connectivity index (χ2n) is 16.1. The highest BCUT2D eigenvalue weighted by Crippen LogP contribution is 2.49. The number of rotatable bonds is 9. The first-order valence-corrected chi connectivity index (χ1v) is 23.3. The van der Waals surface area contributed by atoms with Gasteiger partial charge in [0.25, 0.3) is 0 Å². The lowest BCUT2D eigenvalue weighted by molar-refractivity contribution is 1.28. The van der Waals surface area contributed by atoms with Crippen molar-refractivity contribution in [2.75, 3.05) is 9.80 Å². The average Bonchev–Trinajstić information content (AvgIpc) is 3.95. The maximum Gasteiger partial charge on any atom is 0.0640 e. The third kappa shape index (κ3) is 6.81. The van der Waals surface area contributed by atoms with Gasteiger partial charge in [-0.15, -0.1) is 22.7 Å². The van der Waals surface area contributed by atoms with Gasteiger partial charge < -0.3 is 9.80 Å². The molecule has 2 nitrogen and oxygen atoms in total. The fourth-order valence-electron chi connectivity index (χ4n) is 9.14. The zero-order valence-electron chi connectivity index (χ0n) is 34.8. The van der Waals surface area contributed by atoms with E-state index >= 15 is 0 Å². The minimum Gasteiger partial charge on any atom is -0.311 e. The minimum absolute atomic E-state index is 1.10. The Hall–Kier alpha value is -7.76. The first kappa shape index (κ1) is 38.0. The van der Waals surface area contributed by atoms with Gasteiger partial charge in [-0.3, -0.25) is 0 Å². The molecule has 0 saturated heterocycles. The lowest BCUT2D eigenvalue weighted by Gasteiger charge is -2.27. The standard InChI is InChI=1S/C60H40N2S2/c1-3-13-41(14-4-1)42-25-27-43(28-26-42)44-29-35-48(36-30-44)61(47-15-5-2-6-16-47)49-37-31-45(32-38-49)46-33-39-50(40-34-46)62(55-21-11-19-53-51-17-7-9-23-57(51)63-59(53)55)56-22-12-20-54-52-18-8-10-24-58(52)64-60(54)56/h1-40H. The second-order valence-corrected chi connectivity index (χ2v) is 18.2. The number of fused-ring (bicyclic) bond motifs is 6. The van der Waals surface area contributed by atoms with Crippen molar-refractivity contribution in [1.82, 2.24) is 0 Å². The molecule has 64 heavy (non-hydrogen) atoms. The van der Waals surface area contributed by atoms with Gasteiger partial charge in [0.05, 0.1) is 20.8 Å². The van der Waals surface area contributed by atoms with Crippen LogP contribution in [0.5, 0.6) is 0 Å². The molecule has 0 aliphatic heterocycles. The van der Waals surface area contributed by atoms with Crippen LogP contribution < -0.4 is 9.80 Å². The van der Waals surface area contributed by atoms with Crippen LogP contribution >= 0.6 is 22.7 Å². The predicted octanol–water partition coefficient (Wildman–Crippen LogP) is 18.4. The lowest BCUT2D eigenvalue weighted by atomic mass is 10.00. The molecule has 0 unspecified atom stereocenters. The van der Waals surface area contributed by atoms with E-state index in [1.54, 1.807) is 0 Å². The first-order valence-electron chi connectivity index (χ1n) is 21.7. The highest BCUT2D eigenvalue weighted by molar-refractivity contribution is 7.27. The number of benzene rings is 10. The van der Waals surface area contributed by atoms with Crippen LogP contribution in [0.4, 0.5) is 34.1 Å². The fourth-order valence-corrected chi connectivity index (χ4v) is 11.6. The van der Waals surface area contributed by atoms with Gasteiger partial charge in [0.2, 0.25) is 0 Å². The van der Waals surface area contributed by atoms with E-state index in [4.69, 9.17) is 0 Å². The minimum atomic E-state index is 1.10. The largest absolute Gasteiger partial charge is 0.311 e. The highest BCUT2D eigenvalue weighted by Gasteiger charge is 2.22. The summed E-state index contributed by atoms with van der Waals surface area (Å²) < 4.78 is 5.18. The topological polar surface area (TPSA) is 6.48 Å². The van der Waals surface area contributed by atoms with Crippen LogP contribution in [0.15, 0.2) is 243 Å². The normalized spacial score (nSPS) is 11.4. The molecule has 0 spiro atoms. The molecule has 10 aromatic carbocycles. The Bertz CT molecular complexity index is 3460. The summed E-state index contributed by atoms with van der Waals surface area (Å²) in [5, 5.41) is 5.18. The zero-order chi connectivity index (χ0) is 42.4.